The number of carbonyl (C=O) groups excluding carboxylic acids is 1. The van der Waals surface area contributed by atoms with Gasteiger partial charge >= 0.3 is 12.0 Å². The van der Waals surface area contributed by atoms with Gasteiger partial charge in [-0.15, -0.1) is 11.8 Å². The number of aliphatic carboxylic acids is 1. The normalized spacial score (nSPS) is 21.9. The summed E-state index contributed by atoms with van der Waals surface area (Å²) in [5.74, 6) is -0.423. The number of carboxylic acids is 1. The summed E-state index contributed by atoms with van der Waals surface area (Å²) in [4.78, 5) is 29.2. The SMILES string of the molecule is CCCC1SCC(C(=O)O)N1C(=O)N(C)CCCN(C)C. The zero-order valence-corrected chi connectivity index (χ0v) is 14.2. The van der Waals surface area contributed by atoms with Gasteiger partial charge < -0.3 is 14.9 Å². The smallest absolute Gasteiger partial charge is 0.327 e. The Bertz CT molecular complexity index is 365. The Kier molecular flexibility index (Phi) is 7.31. The molecule has 1 fully saturated rings. The molecule has 7 heteroatoms. The van der Waals surface area contributed by atoms with Gasteiger partial charge in [-0.05, 0) is 33.5 Å². The van der Waals surface area contributed by atoms with Crippen molar-refractivity contribution in [3.63, 3.8) is 0 Å². The summed E-state index contributed by atoms with van der Waals surface area (Å²) in [7, 11) is 5.75. The summed E-state index contributed by atoms with van der Waals surface area (Å²) in [6.45, 7) is 3.61. The number of nitrogens with zero attached hydrogens (tertiary/aromatic N) is 3. The van der Waals surface area contributed by atoms with Crippen molar-refractivity contribution in [1.82, 2.24) is 14.7 Å². The summed E-state index contributed by atoms with van der Waals surface area (Å²) >= 11 is 1.58. The summed E-state index contributed by atoms with van der Waals surface area (Å²) in [6, 6.07) is -0.861. The number of rotatable bonds is 7. The molecule has 0 aliphatic carbocycles. The molecule has 0 aromatic carbocycles. The van der Waals surface area contributed by atoms with Gasteiger partial charge in [-0.2, -0.15) is 0 Å². The minimum atomic E-state index is -0.906. The lowest BCUT2D eigenvalue weighted by Gasteiger charge is -2.31. The molecule has 0 bridgehead atoms. The van der Waals surface area contributed by atoms with Gasteiger partial charge in [0.25, 0.3) is 0 Å². The first-order valence-corrected chi connectivity index (χ1v) is 8.45. The van der Waals surface area contributed by atoms with Crippen LogP contribution in [0.3, 0.4) is 0 Å². The van der Waals surface area contributed by atoms with Crippen molar-refractivity contribution in [2.75, 3.05) is 40.0 Å². The molecule has 1 heterocycles. The highest BCUT2D eigenvalue weighted by atomic mass is 32.2. The van der Waals surface area contributed by atoms with Gasteiger partial charge in [0.05, 0.1) is 5.37 Å². The maximum absolute atomic E-state index is 12.6. The molecule has 1 aliphatic heterocycles. The van der Waals surface area contributed by atoms with Crippen LogP contribution in [-0.2, 0) is 4.79 Å². The van der Waals surface area contributed by atoms with E-state index in [9.17, 15) is 14.7 Å². The first-order valence-electron chi connectivity index (χ1n) is 7.41. The molecular formula is C14H27N3O3S. The van der Waals surface area contributed by atoms with Gasteiger partial charge in [-0.3, -0.25) is 4.90 Å². The van der Waals surface area contributed by atoms with Crippen molar-refractivity contribution in [2.24, 2.45) is 0 Å². The summed E-state index contributed by atoms with van der Waals surface area (Å²) < 4.78 is 0. The Labute approximate surface area is 131 Å². The van der Waals surface area contributed by atoms with Gasteiger partial charge in [0.15, 0.2) is 0 Å². The second kappa shape index (κ2) is 8.48. The van der Waals surface area contributed by atoms with Crippen LogP contribution in [0.2, 0.25) is 0 Å². The average molecular weight is 317 g/mol. The Morgan fingerprint density at radius 3 is 2.48 bits per heavy atom. The molecular weight excluding hydrogens is 290 g/mol. The molecule has 1 saturated heterocycles. The highest BCUT2D eigenvalue weighted by Gasteiger charge is 2.42. The number of hydrogen-bond acceptors (Lipinski definition) is 4. The Morgan fingerprint density at radius 1 is 1.29 bits per heavy atom. The Balaban J connectivity index is 2.67. The van der Waals surface area contributed by atoms with Gasteiger partial charge in [-0.25, -0.2) is 9.59 Å². The van der Waals surface area contributed by atoms with Gasteiger partial charge in [0, 0.05) is 19.3 Å². The van der Waals surface area contributed by atoms with Crippen LogP contribution in [0.5, 0.6) is 0 Å². The van der Waals surface area contributed by atoms with E-state index in [1.54, 1.807) is 28.6 Å². The largest absolute Gasteiger partial charge is 0.480 e. The maximum atomic E-state index is 12.6. The molecule has 2 atom stereocenters. The lowest BCUT2D eigenvalue weighted by atomic mass is 10.2. The van der Waals surface area contributed by atoms with Crippen LogP contribution < -0.4 is 0 Å². The second-order valence-electron chi connectivity index (χ2n) is 5.70. The number of urea groups is 1. The van der Waals surface area contributed by atoms with E-state index in [4.69, 9.17) is 0 Å². The highest BCUT2D eigenvalue weighted by Crippen LogP contribution is 2.33. The molecule has 1 N–H and O–H groups in total. The van der Waals surface area contributed by atoms with Crippen LogP contribution in [0, 0.1) is 0 Å². The number of hydrogen-bond donors (Lipinski definition) is 1. The third kappa shape index (κ3) is 5.07. The van der Waals surface area contributed by atoms with E-state index in [0.29, 0.717) is 12.3 Å². The second-order valence-corrected chi connectivity index (χ2v) is 6.91. The molecule has 6 nitrogen and oxygen atoms in total. The molecule has 1 rings (SSSR count). The quantitative estimate of drug-likeness (QED) is 0.773. The van der Waals surface area contributed by atoms with E-state index < -0.39 is 12.0 Å². The maximum Gasteiger partial charge on any atom is 0.327 e. The van der Waals surface area contributed by atoms with E-state index >= 15 is 0 Å². The number of carboxylic acid groups (broad SMARTS) is 1. The van der Waals surface area contributed by atoms with Gasteiger partial charge in [0.1, 0.15) is 6.04 Å². The molecule has 1 aliphatic rings. The third-order valence-corrected chi connectivity index (χ3v) is 4.92. The number of thioether (sulfide) groups is 1. The lowest BCUT2D eigenvalue weighted by Crippen LogP contribution is -2.51. The van der Waals surface area contributed by atoms with Crippen LogP contribution in [-0.4, -0.2) is 83.2 Å². The number of amides is 2. The van der Waals surface area contributed by atoms with E-state index in [1.807, 2.05) is 14.1 Å². The first kappa shape index (κ1) is 18.1. The number of carbonyl (C=O) groups is 2. The van der Waals surface area contributed by atoms with Crippen molar-refractivity contribution in [1.29, 1.82) is 0 Å². The third-order valence-electron chi connectivity index (χ3n) is 3.56. The highest BCUT2D eigenvalue weighted by molar-refractivity contribution is 8.00. The van der Waals surface area contributed by atoms with Gasteiger partial charge in [0.2, 0.25) is 0 Å². The van der Waals surface area contributed by atoms with Crippen LogP contribution >= 0.6 is 11.8 Å². The lowest BCUT2D eigenvalue weighted by molar-refractivity contribution is -0.141. The molecule has 21 heavy (non-hydrogen) atoms. The summed E-state index contributed by atoms with van der Waals surface area (Å²) in [6.07, 6.45) is 2.66. The monoisotopic (exact) mass is 317 g/mol. The minimum Gasteiger partial charge on any atom is -0.480 e. The van der Waals surface area contributed by atoms with E-state index in [1.165, 1.54) is 0 Å². The molecule has 0 saturated carbocycles. The van der Waals surface area contributed by atoms with Crippen LogP contribution in [0.1, 0.15) is 26.2 Å². The molecule has 0 aromatic rings. The fraction of sp³-hybridized carbons (Fsp3) is 0.857. The zero-order valence-electron chi connectivity index (χ0n) is 13.4. The van der Waals surface area contributed by atoms with Crippen molar-refractivity contribution in [3.05, 3.63) is 0 Å². The fourth-order valence-corrected chi connectivity index (χ4v) is 3.90. The predicted octanol–water partition coefficient (Wildman–Crippen LogP) is 1.62. The van der Waals surface area contributed by atoms with E-state index in [0.717, 1.165) is 25.8 Å². The average Bonchev–Trinajstić information content (AvgIpc) is 2.81. The minimum absolute atomic E-state index is 0.0140. The van der Waals surface area contributed by atoms with E-state index in [2.05, 4.69) is 11.8 Å². The van der Waals surface area contributed by atoms with E-state index in [-0.39, 0.29) is 11.4 Å². The van der Waals surface area contributed by atoms with Crippen molar-refractivity contribution < 1.29 is 14.7 Å². The Hall–Kier alpha value is -0.950. The molecule has 2 amide bonds. The molecule has 0 spiro atoms. The Morgan fingerprint density at radius 2 is 1.95 bits per heavy atom. The van der Waals surface area contributed by atoms with Crippen molar-refractivity contribution in [2.45, 2.75) is 37.6 Å². The molecule has 122 valence electrons. The first-order chi connectivity index (χ1) is 9.88. The molecule has 0 aromatic heterocycles. The van der Waals surface area contributed by atoms with Crippen LogP contribution in [0.15, 0.2) is 0 Å². The zero-order chi connectivity index (χ0) is 16.0. The predicted molar refractivity (Wildman–Crippen MR) is 85.6 cm³/mol. The van der Waals surface area contributed by atoms with Crippen molar-refractivity contribution in [3.8, 4) is 0 Å². The topological polar surface area (TPSA) is 64.1 Å². The van der Waals surface area contributed by atoms with Gasteiger partial charge in [-0.1, -0.05) is 13.3 Å². The van der Waals surface area contributed by atoms with Crippen molar-refractivity contribution >= 4 is 23.8 Å². The standard InChI is InChI=1S/C14H27N3O3S/c1-5-7-12-17(11(10-21-12)13(18)19)14(20)16(4)9-6-8-15(2)3/h11-12H,5-10H2,1-4H3,(H,18,19). The summed E-state index contributed by atoms with van der Waals surface area (Å²) in [5, 5.41) is 9.30. The molecule has 0 radical (unpaired) electrons. The molecule has 2 unspecified atom stereocenters. The van der Waals surface area contributed by atoms with Crippen LogP contribution in [0.4, 0.5) is 4.79 Å². The fourth-order valence-electron chi connectivity index (χ4n) is 2.40. The summed E-state index contributed by atoms with van der Waals surface area (Å²) in [5.41, 5.74) is 0. The van der Waals surface area contributed by atoms with Crippen LogP contribution in [0.25, 0.3) is 0 Å².